The Morgan fingerprint density at radius 3 is 2.65 bits per heavy atom. The molecule has 6 heteroatoms. The van der Waals surface area contributed by atoms with Crippen molar-refractivity contribution in [1.82, 2.24) is 5.06 Å². The molecule has 0 atom stereocenters. The van der Waals surface area contributed by atoms with Gasteiger partial charge in [0.25, 0.3) is 5.91 Å². The number of methoxy groups -OCH3 is 1. The van der Waals surface area contributed by atoms with E-state index in [-0.39, 0.29) is 5.91 Å². The summed E-state index contributed by atoms with van der Waals surface area (Å²) in [4.78, 5) is 16.4. The molecule has 0 aliphatic carbocycles. The molecule has 0 radical (unpaired) electrons. The molecule has 0 saturated heterocycles. The third-order valence-electron chi connectivity index (χ3n) is 2.54. The van der Waals surface area contributed by atoms with Crippen LogP contribution in [0.15, 0.2) is 18.2 Å². The van der Waals surface area contributed by atoms with Crippen molar-refractivity contribution in [2.24, 2.45) is 0 Å². The second-order valence-corrected chi connectivity index (χ2v) is 4.23. The lowest BCUT2D eigenvalue weighted by molar-refractivity contribution is -0.162. The molecule has 1 rings (SSSR count). The SMILES string of the molecule is CCOc1cc(C=CC(=O)N(C)OC)cc(Cl)c1OC. The van der Waals surface area contributed by atoms with Gasteiger partial charge in [-0.2, -0.15) is 0 Å². The Labute approximate surface area is 123 Å². The van der Waals surface area contributed by atoms with Crippen molar-refractivity contribution < 1.29 is 19.1 Å². The van der Waals surface area contributed by atoms with E-state index in [1.165, 1.54) is 27.3 Å². The molecular weight excluding hydrogens is 282 g/mol. The van der Waals surface area contributed by atoms with E-state index in [2.05, 4.69) is 0 Å². The molecule has 1 aromatic rings. The second-order valence-electron chi connectivity index (χ2n) is 3.82. The van der Waals surface area contributed by atoms with Crippen LogP contribution in [0.2, 0.25) is 5.02 Å². The Bertz CT molecular complexity index is 502. The summed E-state index contributed by atoms with van der Waals surface area (Å²) in [5, 5.41) is 1.54. The Hall–Kier alpha value is -1.72. The quantitative estimate of drug-likeness (QED) is 0.598. The van der Waals surface area contributed by atoms with Crippen LogP contribution in [0.3, 0.4) is 0 Å². The molecule has 20 heavy (non-hydrogen) atoms. The molecule has 110 valence electrons. The van der Waals surface area contributed by atoms with Gasteiger partial charge in [0.05, 0.1) is 25.8 Å². The summed E-state index contributed by atoms with van der Waals surface area (Å²) in [7, 11) is 4.47. The highest BCUT2D eigenvalue weighted by Crippen LogP contribution is 2.36. The van der Waals surface area contributed by atoms with Crippen molar-refractivity contribution in [3.63, 3.8) is 0 Å². The van der Waals surface area contributed by atoms with Gasteiger partial charge < -0.3 is 9.47 Å². The molecule has 0 bridgehead atoms. The number of hydrogen-bond donors (Lipinski definition) is 0. The molecule has 0 spiro atoms. The molecule has 1 amide bonds. The average molecular weight is 300 g/mol. The standard InChI is InChI=1S/C14H18ClNO4/c1-5-20-12-9-10(8-11(15)14(12)18-3)6-7-13(17)16(2)19-4/h6-9H,5H2,1-4H3. The number of carbonyl (C=O) groups is 1. The van der Waals surface area contributed by atoms with Gasteiger partial charge in [0, 0.05) is 13.1 Å². The second kappa shape index (κ2) is 7.77. The maximum atomic E-state index is 11.6. The molecule has 0 heterocycles. The van der Waals surface area contributed by atoms with Gasteiger partial charge in [-0.05, 0) is 30.7 Å². The van der Waals surface area contributed by atoms with Gasteiger partial charge >= 0.3 is 0 Å². The maximum absolute atomic E-state index is 11.6. The number of halogens is 1. The summed E-state index contributed by atoms with van der Waals surface area (Å²) < 4.78 is 10.7. The molecular formula is C14H18ClNO4. The molecule has 0 N–H and O–H groups in total. The first-order valence-electron chi connectivity index (χ1n) is 6.03. The number of rotatable bonds is 6. The van der Waals surface area contributed by atoms with Crippen LogP contribution in [-0.4, -0.2) is 38.8 Å². The van der Waals surface area contributed by atoms with E-state index in [1.807, 2.05) is 6.92 Å². The van der Waals surface area contributed by atoms with Crippen LogP contribution in [0.25, 0.3) is 6.08 Å². The van der Waals surface area contributed by atoms with Crippen LogP contribution in [0.1, 0.15) is 12.5 Å². The van der Waals surface area contributed by atoms with E-state index in [4.69, 9.17) is 25.9 Å². The first kappa shape index (κ1) is 16.3. The van der Waals surface area contributed by atoms with E-state index >= 15 is 0 Å². The summed E-state index contributed by atoms with van der Waals surface area (Å²) >= 11 is 6.12. The lowest BCUT2D eigenvalue weighted by atomic mass is 10.2. The van der Waals surface area contributed by atoms with Crippen molar-refractivity contribution in [2.45, 2.75) is 6.92 Å². The topological polar surface area (TPSA) is 48.0 Å². The predicted octanol–water partition coefficient (Wildman–Crippen LogP) is 2.78. The van der Waals surface area contributed by atoms with E-state index < -0.39 is 0 Å². The smallest absolute Gasteiger partial charge is 0.269 e. The minimum Gasteiger partial charge on any atom is -0.491 e. The lowest BCUT2D eigenvalue weighted by Gasteiger charge is -2.12. The molecule has 1 aromatic carbocycles. The Morgan fingerprint density at radius 1 is 1.40 bits per heavy atom. The third kappa shape index (κ3) is 4.15. The summed E-state index contributed by atoms with van der Waals surface area (Å²) in [5.41, 5.74) is 0.733. The fourth-order valence-corrected chi connectivity index (χ4v) is 1.80. The van der Waals surface area contributed by atoms with E-state index in [0.717, 1.165) is 10.6 Å². The van der Waals surface area contributed by atoms with Gasteiger partial charge in [-0.15, -0.1) is 0 Å². The highest BCUT2D eigenvalue weighted by atomic mass is 35.5. The van der Waals surface area contributed by atoms with Crippen LogP contribution in [0.4, 0.5) is 0 Å². The van der Waals surface area contributed by atoms with Crippen LogP contribution in [0.5, 0.6) is 11.5 Å². The van der Waals surface area contributed by atoms with Crippen LogP contribution < -0.4 is 9.47 Å². The number of nitrogens with zero attached hydrogens (tertiary/aromatic N) is 1. The minimum atomic E-state index is -0.280. The third-order valence-corrected chi connectivity index (χ3v) is 2.82. The van der Waals surface area contributed by atoms with Crippen molar-refractivity contribution in [1.29, 1.82) is 0 Å². The highest BCUT2D eigenvalue weighted by Gasteiger charge is 2.11. The van der Waals surface area contributed by atoms with E-state index in [1.54, 1.807) is 18.2 Å². The fourth-order valence-electron chi connectivity index (χ4n) is 1.51. The zero-order chi connectivity index (χ0) is 15.1. The van der Waals surface area contributed by atoms with Crippen molar-refractivity contribution in [2.75, 3.05) is 27.9 Å². The molecule has 0 saturated carbocycles. The fraction of sp³-hybridized carbons (Fsp3) is 0.357. The number of amides is 1. The first-order valence-corrected chi connectivity index (χ1v) is 6.41. The normalized spacial score (nSPS) is 10.7. The van der Waals surface area contributed by atoms with Crippen LogP contribution in [0, 0.1) is 0 Å². The molecule has 0 fully saturated rings. The minimum absolute atomic E-state index is 0.280. The zero-order valence-electron chi connectivity index (χ0n) is 12.0. The summed E-state index contributed by atoms with van der Waals surface area (Å²) in [6.45, 7) is 2.36. The Morgan fingerprint density at radius 2 is 2.10 bits per heavy atom. The summed E-state index contributed by atoms with van der Waals surface area (Å²) in [6.07, 6.45) is 3.02. The zero-order valence-corrected chi connectivity index (χ0v) is 12.7. The summed E-state index contributed by atoms with van der Waals surface area (Å²) in [6, 6.07) is 3.45. The van der Waals surface area contributed by atoms with Crippen molar-refractivity contribution >= 4 is 23.6 Å². The maximum Gasteiger partial charge on any atom is 0.269 e. The Balaban J connectivity index is 3.02. The molecule has 0 aliphatic heterocycles. The van der Waals surface area contributed by atoms with Gasteiger partial charge in [-0.1, -0.05) is 11.6 Å². The summed E-state index contributed by atoms with van der Waals surface area (Å²) in [5.74, 6) is 0.734. The molecule has 5 nitrogen and oxygen atoms in total. The van der Waals surface area contributed by atoms with Gasteiger partial charge in [0.2, 0.25) is 0 Å². The number of hydrogen-bond acceptors (Lipinski definition) is 4. The highest BCUT2D eigenvalue weighted by molar-refractivity contribution is 6.32. The van der Waals surface area contributed by atoms with Crippen LogP contribution >= 0.6 is 11.6 Å². The van der Waals surface area contributed by atoms with E-state index in [0.29, 0.717) is 23.1 Å². The van der Waals surface area contributed by atoms with Gasteiger partial charge in [0.15, 0.2) is 11.5 Å². The first-order chi connectivity index (χ1) is 9.53. The number of ether oxygens (including phenoxy) is 2. The van der Waals surface area contributed by atoms with Gasteiger partial charge in [-0.3, -0.25) is 9.63 Å². The number of carbonyl (C=O) groups excluding carboxylic acids is 1. The van der Waals surface area contributed by atoms with Gasteiger partial charge in [0.1, 0.15) is 0 Å². The lowest BCUT2D eigenvalue weighted by Crippen LogP contribution is -2.22. The van der Waals surface area contributed by atoms with Gasteiger partial charge in [-0.25, -0.2) is 5.06 Å². The van der Waals surface area contributed by atoms with Crippen molar-refractivity contribution in [3.05, 3.63) is 28.8 Å². The number of benzene rings is 1. The van der Waals surface area contributed by atoms with E-state index in [9.17, 15) is 4.79 Å². The Kier molecular flexibility index (Phi) is 6.35. The molecule has 0 aromatic heterocycles. The van der Waals surface area contributed by atoms with Crippen LogP contribution in [-0.2, 0) is 9.63 Å². The predicted molar refractivity (Wildman–Crippen MR) is 78.0 cm³/mol. The molecule has 0 aliphatic rings. The monoisotopic (exact) mass is 299 g/mol. The average Bonchev–Trinajstić information content (AvgIpc) is 2.44. The number of hydroxylamine groups is 2. The van der Waals surface area contributed by atoms with Crippen molar-refractivity contribution in [3.8, 4) is 11.5 Å². The largest absolute Gasteiger partial charge is 0.491 e. The number of likely N-dealkylation sites (N-methyl/N-ethyl adjacent to an activating group) is 1. The molecule has 0 unspecified atom stereocenters.